The van der Waals surface area contributed by atoms with Crippen molar-refractivity contribution in [2.24, 2.45) is 0 Å². The van der Waals surface area contributed by atoms with E-state index in [0.717, 1.165) is 10.9 Å². The molecule has 0 atom stereocenters. The van der Waals surface area contributed by atoms with Crippen molar-refractivity contribution >= 4 is 17.7 Å². The molecule has 0 unspecified atom stereocenters. The second kappa shape index (κ2) is 3.71. The van der Waals surface area contributed by atoms with E-state index in [4.69, 9.17) is 4.74 Å². The Morgan fingerprint density at radius 1 is 1.56 bits per heavy atom. The van der Waals surface area contributed by atoms with Gasteiger partial charge in [-0.3, -0.25) is 4.79 Å². The third kappa shape index (κ3) is 1.41. The summed E-state index contributed by atoms with van der Waals surface area (Å²) in [6.07, 6.45) is 3.56. The van der Waals surface area contributed by atoms with Gasteiger partial charge in [-0.1, -0.05) is 11.8 Å². The summed E-state index contributed by atoms with van der Waals surface area (Å²) in [4.78, 5) is 22.3. The van der Waals surface area contributed by atoms with Crippen LogP contribution in [0.3, 0.4) is 0 Å². The predicted octanol–water partition coefficient (Wildman–Crippen LogP) is 0.553. The van der Waals surface area contributed by atoms with Gasteiger partial charge in [0.2, 0.25) is 0 Å². The van der Waals surface area contributed by atoms with Gasteiger partial charge in [-0.15, -0.1) is 0 Å². The molecule has 2 aliphatic heterocycles. The van der Waals surface area contributed by atoms with Crippen LogP contribution < -0.4 is 0 Å². The quantitative estimate of drug-likeness (QED) is 0.555. The minimum Gasteiger partial charge on any atom is -0.377 e. The lowest BCUT2D eigenvalue weighted by atomic mass is 10.2. The van der Waals surface area contributed by atoms with Gasteiger partial charge >= 0.3 is 0 Å². The number of amides is 1. The number of rotatable bonds is 2. The van der Waals surface area contributed by atoms with Gasteiger partial charge in [-0.2, -0.15) is 0 Å². The number of aromatic nitrogens is 2. The van der Waals surface area contributed by atoms with Gasteiger partial charge in [0.05, 0.1) is 37.1 Å². The fraction of sp³-hybridized carbons (Fsp3) is 0.500. The highest BCUT2D eigenvalue weighted by atomic mass is 32.2. The van der Waals surface area contributed by atoms with E-state index in [2.05, 4.69) is 9.97 Å². The van der Waals surface area contributed by atoms with Crippen LogP contribution in [-0.2, 0) is 11.3 Å². The fourth-order valence-electron chi connectivity index (χ4n) is 1.88. The van der Waals surface area contributed by atoms with E-state index in [1.807, 2.05) is 11.2 Å². The number of hydrogen-bond donors (Lipinski definition) is 0. The Labute approximate surface area is 97.2 Å². The molecule has 0 N–H and O–H groups in total. The average Bonchev–Trinajstić information content (AvgIpc) is 2.54. The maximum Gasteiger partial charge on any atom is 0.258 e. The monoisotopic (exact) mass is 237 g/mol. The van der Waals surface area contributed by atoms with Gasteiger partial charge in [0.25, 0.3) is 5.91 Å². The minimum absolute atomic E-state index is 0.0379. The van der Waals surface area contributed by atoms with E-state index in [1.165, 1.54) is 11.8 Å². The summed E-state index contributed by atoms with van der Waals surface area (Å²) in [5, 5.41) is 0.721. The highest BCUT2D eigenvalue weighted by Crippen LogP contribution is 2.26. The van der Waals surface area contributed by atoms with Gasteiger partial charge in [0.1, 0.15) is 0 Å². The topological polar surface area (TPSA) is 55.3 Å². The first kappa shape index (κ1) is 10.0. The first-order chi connectivity index (χ1) is 7.79. The maximum atomic E-state index is 12.0. The van der Waals surface area contributed by atoms with Crippen LogP contribution in [0.25, 0.3) is 0 Å². The van der Waals surface area contributed by atoms with Gasteiger partial charge in [-0.05, 0) is 6.26 Å². The standard InChI is InChI=1S/C10H11N3O2S/c1-16-10-11-2-7-8(12-10)3-13(9(7)14)6-4-15-5-6/h2,6H,3-5H2,1H3. The van der Waals surface area contributed by atoms with E-state index in [0.29, 0.717) is 25.3 Å². The molecule has 1 aromatic heterocycles. The van der Waals surface area contributed by atoms with Crippen molar-refractivity contribution in [3.63, 3.8) is 0 Å². The molecule has 3 rings (SSSR count). The van der Waals surface area contributed by atoms with Crippen molar-refractivity contribution in [1.29, 1.82) is 0 Å². The van der Waals surface area contributed by atoms with E-state index >= 15 is 0 Å². The molecule has 0 saturated carbocycles. The number of fused-ring (bicyclic) bond motifs is 1. The molecule has 1 fully saturated rings. The molecule has 2 aliphatic rings. The van der Waals surface area contributed by atoms with Crippen molar-refractivity contribution in [1.82, 2.24) is 14.9 Å². The van der Waals surface area contributed by atoms with Gasteiger partial charge in [-0.25, -0.2) is 9.97 Å². The molecule has 0 spiro atoms. The van der Waals surface area contributed by atoms with Crippen molar-refractivity contribution in [3.8, 4) is 0 Å². The van der Waals surface area contributed by atoms with Crippen LogP contribution >= 0.6 is 11.8 Å². The van der Waals surface area contributed by atoms with Gasteiger partial charge < -0.3 is 9.64 Å². The Morgan fingerprint density at radius 2 is 2.38 bits per heavy atom. The maximum absolute atomic E-state index is 12.0. The Morgan fingerprint density at radius 3 is 3.00 bits per heavy atom. The molecule has 5 nitrogen and oxygen atoms in total. The number of nitrogens with zero attached hydrogens (tertiary/aromatic N) is 3. The largest absolute Gasteiger partial charge is 0.377 e. The Kier molecular flexibility index (Phi) is 2.33. The number of ether oxygens (including phenoxy) is 1. The zero-order valence-corrected chi connectivity index (χ0v) is 9.66. The lowest BCUT2D eigenvalue weighted by molar-refractivity contribution is -0.0542. The normalized spacial score (nSPS) is 19.8. The second-order valence-electron chi connectivity index (χ2n) is 3.84. The Hall–Kier alpha value is -1.14. The first-order valence-electron chi connectivity index (χ1n) is 5.08. The molecule has 1 amide bonds. The molecule has 0 aliphatic carbocycles. The summed E-state index contributed by atoms with van der Waals surface area (Å²) in [6.45, 7) is 1.88. The van der Waals surface area contributed by atoms with Crippen molar-refractivity contribution in [2.45, 2.75) is 17.7 Å². The molecule has 84 valence electrons. The number of carbonyl (C=O) groups excluding carboxylic acids is 1. The van der Waals surface area contributed by atoms with Crippen molar-refractivity contribution in [2.75, 3.05) is 19.5 Å². The lowest BCUT2D eigenvalue weighted by Crippen LogP contribution is -2.48. The third-order valence-electron chi connectivity index (χ3n) is 2.90. The molecule has 16 heavy (non-hydrogen) atoms. The van der Waals surface area contributed by atoms with Crippen LogP contribution in [0.2, 0.25) is 0 Å². The second-order valence-corrected chi connectivity index (χ2v) is 4.61. The summed E-state index contributed by atoms with van der Waals surface area (Å²) in [5.74, 6) is 0.0379. The molecule has 0 bridgehead atoms. The third-order valence-corrected chi connectivity index (χ3v) is 3.46. The Bertz CT molecular complexity index is 448. The van der Waals surface area contributed by atoms with E-state index in [-0.39, 0.29) is 11.9 Å². The van der Waals surface area contributed by atoms with E-state index in [1.54, 1.807) is 6.20 Å². The number of carbonyl (C=O) groups is 1. The molecule has 1 saturated heterocycles. The summed E-state index contributed by atoms with van der Waals surface area (Å²) < 4.78 is 5.11. The minimum atomic E-state index is 0.0379. The fourth-order valence-corrected chi connectivity index (χ4v) is 2.24. The van der Waals surface area contributed by atoms with Crippen LogP contribution in [0, 0.1) is 0 Å². The molecular weight excluding hydrogens is 226 g/mol. The zero-order chi connectivity index (χ0) is 11.1. The summed E-state index contributed by atoms with van der Waals surface area (Å²) in [6, 6.07) is 0.222. The summed E-state index contributed by atoms with van der Waals surface area (Å²) >= 11 is 1.49. The molecule has 6 heteroatoms. The molecule has 0 aromatic carbocycles. The zero-order valence-electron chi connectivity index (χ0n) is 8.84. The number of hydrogen-bond acceptors (Lipinski definition) is 5. The van der Waals surface area contributed by atoms with Gasteiger partial charge in [0, 0.05) is 6.20 Å². The Balaban J connectivity index is 1.90. The lowest BCUT2D eigenvalue weighted by Gasteiger charge is -2.34. The van der Waals surface area contributed by atoms with Crippen LogP contribution in [0.1, 0.15) is 16.1 Å². The highest BCUT2D eigenvalue weighted by Gasteiger charge is 2.37. The molecular formula is C10H11N3O2S. The molecule has 3 heterocycles. The van der Waals surface area contributed by atoms with Gasteiger partial charge in [0.15, 0.2) is 5.16 Å². The molecule has 1 aromatic rings. The SMILES string of the molecule is CSc1ncc2c(n1)CN(C1COC1)C2=O. The van der Waals surface area contributed by atoms with E-state index in [9.17, 15) is 4.79 Å². The van der Waals surface area contributed by atoms with Crippen molar-refractivity contribution in [3.05, 3.63) is 17.5 Å². The van der Waals surface area contributed by atoms with E-state index < -0.39 is 0 Å². The highest BCUT2D eigenvalue weighted by molar-refractivity contribution is 7.98. The smallest absolute Gasteiger partial charge is 0.258 e. The summed E-state index contributed by atoms with van der Waals surface area (Å²) in [7, 11) is 0. The first-order valence-corrected chi connectivity index (χ1v) is 6.30. The van der Waals surface area contributed by atoms with Crippen LogP contribution in [0.5, 0.6) is 0 Å². The van der Waals surface area contributed by atoms with Crippen molar-refractivity contribution < 1.29 is 9.53 Å². The van der Waals surface area contributed by atoms with Crippen LogP contribution in [0.4, 0.5) is 0 Å². The number of thioether (sulfide) groups is 1. The van der Waals surface area contributed by atoms with Crippen LogP contribution in [-0.4, -0.2) is 46.3 Å². The molecule has 0 radical (unpaired) electrons. The average molecular weight is 237 g/mol. The van der Waals surface area contributed by atoms with Crippen LogP contribution in [0.15, 0.2) is 11.4 Å². The summed E-state index contributed by atoms with van der Waals surface area (Å²) in [5.41, 5.74) is 1.49. The predicted molar refractivity (Wildman–Crippen MR) is 58.3 cm³/mol.